The summed E-state index contributed by atoms with van der Waals surface area (Å²) in [6.45, 7) is 7.60. The molecule has 206 valence electrons. The van der Waals surface area contributed by atoms with Crippen molar-refractivity contribution in [1.82, 2.24) is 9.80 Å². The van der Waals surface area contributed by atoms with Crippen molar-refractivity contribution < 1.29 is 9.90 Å². The number of hydrogen-bond donors (Lipinski definition) is 1. The van der Waals surface area contributed by atoms with Crippen LogP contribution in [0.4, 0.5) is 0 Å². The molecule has 1 spiro atoms. The summed E-state index contributed by atoms with van der Waals surface area (Å²) in [7, 11) is 1.89. The number of aliphatic hydroxyl groups excluding tert-OH is 1. The molecule has 5 rings (SSSR count). The van der Waals surface area contributed by atoms with E-state index in [0.717, 1.165) is 73.1 Å². The highest BCUT2D eigenvalue weighted by molar-refractivity contribution is 6.42. The highest BCUT2D eigenvalue weighted by Crippen LogP contribution is 2.50. The Labute approximate surface area is 242 Å². The number of fused-ring (bicyclic) bond motifs is 2. The maximum absolute atomic E-state index is 13.4. The van der Waals surface area contributed by atoms with Gasteiger partial charge in [-0.25, -0.2) is 0 Å². The Bertz CT molecular complexity index is 1330. The Kier molecular flexibility index (Phi) is 8.40. The number of benzene rings is 3. The molecule has 0 bridgehead atoms. The highest BCUT2D eigenvalue weighted by atomic mass is 35.5. The Hall–Kier alpha value is -2.37. The summed E-state index contributed by atoms with van der Waals surface area (Å²) in [5, 5.41) is 11.8. The summed E-state index contributed by atoms with van der Waals surface area (Å²) in [4.78, 5) is 17.7. The molecule has 39 heavy (non-hydrogen) atoms. The average Bonchev–Trinajstić information content (AvgIpc) is 3.19. The number of likely N-dealkylation sites (tertiary alicyclic amines) is 1. The molecular weight excluding hydrogens is 527 g/mol. The lowest BCUT2D eigenvalue weighted by Gasteiger charge is -2.40. The lowest BCUT2D eigenvalue weighted by Crippen LogP contribution is -2.42. The molecule has 4 nitrogen and oxygen atoms in total. The number of likely N-dealkylation sites (N-methyl/N-ethyl adjacent to an activating group) is 1. The van der Waals surface area contributed by atoms with Gasteiger partial charge in [-0.05, 0) is 100 Å². The first-order valence-electron chi connectivity index (χ1n) is 13.9. The fraction of sp³-hybridized carbons (Fsp3) is 0.424. The molecular formula is C33H38Cl2N2O2. The Morgan fingerprint density at radius 2 is 1.72 bits per heavy atom. The van der Waals surface area contributed by atoms with Gasteiger partial charge in [-0.2, -0.15) is 0 Å². The van der Waals surface area contributed by atoms with E-state index in [0.29, 0.717) is 16.6 Å². The van der Waals surface area contributed by atoms with Gasteiger partial charge in [0.2, 0.25) is 0 Å². The largest absolute Gasteiger partial charge is 0.388 e. The van der Waals surface area contributed by atoms with Gasteiger partial charge in [0.05, 0.1) is 16.1 Å². The van der Waals surface area contributed by atoms with Gasteiger partial charge in [-0.1, -0.05) is 70.7 Å². The van der Waals surface area contributed by atoms with E-state index in [4.69, 9.17) is 23.2 Å². The molecule has 1 aliphatic carbocycles. The van der Waals surface area contributed by atoms with Crippen LogP contribution < -0.4 is 0 Å². The van der Waals surface area contributed by atoms with Gasteiger partial charge >= 0.3 is 0 Å². The number of rotatable bonds is 7. The molecule has 1 aliphatic heterocycles. The zero-order valence-electron chi connectivity index (χ0n) is 23.1. The second-order valence-electron chi connectivity index (χ2n) is 11.7. The van der Waals surface area contributed by atoms with Gasteiger partial charge in [0.25, 0.3) is 5.91 Å². The number of halogens is 2. The van der Waals surface area contributed by atoms with Gasteiger partial charge < -0.3 is 14.9 Å². The van der Waals surface area contributed by atoms with E-state index in [1.807, 2.05) is 62.2 Å². The third-order valence-corrected chi connectivity index (χ3v) is 9.55. The lowest BCUT2D eigenvalue weighted by molar-refractivity contribution is 0.0777. The van der Waals surface area contributed by atoms with Crippen molar-refractivity contribution in [2.45, 2.75) is 57.0 Å². The normalized spacial score (nSPS) is 19.2. The first kappa shape index (κ1) is 28.2. The standard InChI is InChI=1S/C33H38Cl2N2O2/c1-22-16-23(2)18-26(17-22)32(39)36(3)21-25(24-8-9-29(34)30(35)19-24)10-13-37-14-11-33(12-15-37)20-31(38)27-6-4-5-7-28(27)33/h4-9,16-19,25,31,38H,10-15,20-21H2,1-3H3/t25-,31?/m1/s1. The minimum atomic E-state index is -0.350. The summed E-state index contributed by atoms with van der Waals surface area (Å²) in [5.41, 5.74) is 6.56. The monoisotopic (exact) mass is 564 g/mol. The van der Waals surface area contributed by atoms with E-state index in [1.54, 1.807) is 0 Å². The fourth-order valence-corrected chi connectivity index (χ4v) is 7.05. The molecule has 2 atom stereocenters. The van der Waals surface area contributed by atoms with Crippen LogP contribution in [0.1, 0.15) is 75.9 Å². The van der Waals surface area contributed by atoms with E-state index >= 15 is 0 Å². The quantitative estimate of drug-likeness (QED) is 0.326. The number of nitrogens with zero attached hydrogens (tertiary/aromatic N) is 2. The smallest absolute Gasteiger partial charge is 0.253 e. The van der Waals surface area contributed by atoms with Gasteiger partial charge in [0.1, 0.15) is 0 Å². The predicted octanol–water partition coefficient (Wildman–Crippen LogP) is 7.33. The first-order chi connectivity index (χ1) is 18.6. The Balaban J connectivity index is 1.27. The third kappa shape index (κ3) is 6.05. The number of hydrogen-bond acceptors (Lipinski definition) is 3. The Morgan fingerprint density at radius 1 is 1.03 bits per heavy atom. The van der Waals surface area contributed by atoms with Crippen LogP contribution in [0.3, 0.4) is 0 Å². The van der Waals surface area contributed by atoms with E-state index in [-0.39, 0.29) is 23.3 Å². The third-order valence-electron chi connectivity index (χ3n) is 8.81. The van der Waals surface area contributed by atoms with Gasteiger partial charge in [-0.15, -0.1) is 0 Å². The van der Waals surface area contributed by atoms with Crippen molar-refractivity contribution in [1.29, 1.82) is 0 Å². The van der Waals surface area contributed by atoms with Crippen molar-refractivity contribution in [2.75, 3.05) is 33.2 Å². The number of amides is 1. The van der Waals surface area contributed by atoms with Crippen LogP contribution in [0, 0.1) is 13.8 Å². The van der Waals surface area contributed by atoms with Crippen molar-refractivity contribution >= 4 is 29.1 Å². The van der Waals surface area contributed by atoms with E-state index in [1.165, 1.54) is 5.56 Å². The van der Waals surface area contributed by atoms with Crippen LogP contribution in [0.15, 0.2) is 60.7 Å². The SMILES string of the molecule is Cc1cc(C)cc(C(=O)N(C)C[C@@H](CCN2CCC3(CC2)CC(O)c2ccccc23)c2ccc(Cl)c(Cl)c2)c1. The van der Waals surface area contributed by atoms with Crippen LogP contribution in [-0.4, -0.2) is 54.0 Å². The molecule has 1 heterocycles. The zero-order valence-corrected chi connectivity index (χ0v) is 24.6. The number of aryl methyl sites for hydroxylation is 2. The second kappa shape index (κ2) is 11.6. The van der Waals surface area contributed by atoms with Gasteiger partial charge in [0, 0.05) is 30.5 Å². The zero-order chi connectivity index (χ0) is 27.7. The minimum Gasteiger partial charge on any atom is -0.388 e. The van der Waals surface area contributed by atoms with Gasteiger partial charge in [0.15, 0.2) is 0 Å². The van der Waals surface area contributed by atoms with Crippen LogP contribution >= 0.6 is 23.2 Å². The van der Waals surface area contributed by atoms with Gasteiger partial charge in [-0.3, -0.25) is 4.79 Å². The van der Waals surface area contributed by atoms with Crippen molar-refractivity contribution in [3.05, 3.63) is 104 Å². The number of aliphatic hydroxyl groups is 1. The summed E-state index contributed by atoms with van der Waals surface area (Å²) in [6.07, 6.45) is 3.51. The number of piperidine rings is 1. The first-order valence-corrected chi connectivity index (χ1v) is 14.7. The van der Waals surface area contributed by atoms with E-state index in [2.05, 4.69) is 29.2 Å². The van der Waals surface area contributed by atoms with Crippen LogP contribution in [0.2, 0.25) is 10.0 Å². The maximum atomic E-state index is 13.4. The van der Waals surface area contributed by atoms with E-state index < -0.39 is 0 Å². The lowest BCUT2D eigenvalue weighted by atomic mass is 9.73. The maximum Gasteiger partial charge on any atom is 0.253 e. The second-order valence-corrected chi connectivity index (χ2v) is 12.5. The average molecular weight is 566 g/mol. The summed E-state index contributed by atoms with van der Waals surface area (Å²) in [5.74, 6) is 0.162. The highest BCUT2D eigenvalue weighted by Gasteiger charge is 2.44. The molecule has 3 aromatic carbocycles. The van der Waals surface area contributed by atoms with Crippen LogP contribution in [-0.2, 0) is 5.41 Å². The number of carbonyl (C=O) groups excluding carboxylic acids is 1. The van der Waals surface area contributed by atoms with Crippen LogP contribution in [0.5, 0.6) is 0 Å². The fourth-order valence-electron chi connectivity index (χ4n) is 6.74. The molecule has 2 aliphatic rings. The molecule has 0 aromatic heterocycles. The van der Waals surface area contributed by atoms with Crippen LogP contribution in [0.25, 0.3) is 0 Å². The molecule has 0 saturated carbocycles. The molecule has 1 unspecified atom stereocenters. The molecule has 0 radical (unpaired) electrons. The molecule has 3 aromatic rings. The van der Waals surface area contributed by atoms with E-state index in [9.17, 15) is 9.90 Å². The molecule has 1 fully saturated rings. The topological polar surface area (TPSA) is 43.8 Å². The van der Waals surface area contributed by atoms with Crippen molar-refractivity contribution in [2.24, 2.45) is 0 Å². The van der Waals surface area contributed by atoms with Crippen molar-refractivity contribution in [3.8, 4) is 0 Å². The van der Waals surface area contributed by atoms with Crippen molar-refractivity contribution in [3.63, 3.8) is 0 Å². The minimum absolute atomic E-state index is 0.0326. The molecule has 1 amide bonds. The molecule has 1 saturated heterocycles. The predicted molar refractivity (Wildman–Crippen MR) is 160 cm³/mol. The Morgan fingerprint density at radius 3 is 2.41 bits per heavy atom. The summed E-state index contributed by atoms with van der Waals surface area (Å²) in [6, 6.07) is 20.3. The number of carbonyl (C=O) groups is 1. The summed E-state index contributed by atoms with van der Waals surface area (Å²) >= 11 is 12.6. The summed E-state index contributed by atoms with van der Waals surface area (Å²) < 4.78 is 0. The molecule has 1 N–H and O–H groups in total. The molecule has 6 heteroatoms.